The molecule has 0 fully saturated rings. The van der Waals surface area contributed by atoms with Crippen LogP contribution < -0.4 is 19.1 Å². The predicted molar refractivity (Wildman–Crippen MR) is 131 cm³/mol. The molecule has 1 aliphatic heterocycles. The number of rotatable bonds is 7. The maximum Gasteiger partial charge on any atom is 0.264 e. The van der Waals surface area contributed by atoms with Crippen LogP contribution >= 0.6 is 0 Å². The number of carbonyl (C=O) groups is 1. The minimum absolute atomic E-state index is 0.128. The Hall–Kier alpha value is -3.52. The lowest BCUT2D eigenvalue weighted by molar-refractivity contribution is -0.127. The molecule has 7 nitrogen and oxygen atoms in total. The summed E-state index contributed by atoms with van der Waals surface area (Å²) in [5.41, 5.74) is 3.52. The maximum atomic E-state index is 13.4. The van der Waals surface area contributed by atoms with Gasteiger partial charge in [0.15, 0.2) is 6.10 Å². The summed E-state index contributed by atoms with van der Waals surface area (Å²) in [6, 6.07) is 19.4. The Balaban J connectivity index is 1.47. The number of carbonyl (C=O) groups excluding carboxylic acids is 1. The molecule has 0 saturated heterocycles. The molecule has 1 amide bonds. The number of benzene rings is 3. The van der Waals surface area contributed by atoms with E-state index in [-0.39, 0.29) is 24.6 Å². The molecule has 3 aromatic rings. The molecule has 3 aromatic carbocycles. The quantitative estimate of drug-likeness (QED) is 0.521. The first kappa shape index (κ1) is 23.6. The average molecular weight is 481 g/mol. The van der Waals surface area contributed by atoms with Crippen molar-refractivity contribution in [3.8, 4) is 11.5 Å². The molecule has 0 bridgehead atoms. The minimum Gasteiger partial charge on any atom is -0.492 e. The zero-order valence-corrected chi connectivity index (χ0v) is 20.3. The standard InChI is InChI=1S/C26H28N2O5S/c1-18-9-10-23-24(16-18)33-25(17-28(23)34(30,31)22-7-5-4-6-8-22)26(29)27-11-12-32-21-14-19(2)13-20(3)15-21/h4-10,13-16,25H,11-12,17H2,1-3H3,(H,27,29)/t25-/m1/s1. The number of amides is 1. The molecule has 0 aliphatic carbocycles. The van der Waals surface area contributed by atoms with E-state index < -0.39 is 22.0 Å². The smallest absolute Gasteiger partial charge is 0.264 e. The van der Waals surface area contributed by atoms with Gasteiger partial charge in [0.2, 0.25) is 0 Å². The molecule has 1 atom stereocenters. The molecule has 4 rings (SSSR count). The van der Waals surface area contributed by atoms with Crippen molar-refractivity contribution in [3.05, 3.63) is 83.4 Å². The van der Waals surface area contributed by atoms with Gasteiger partial charge >= 0.3 is 0 Å². The van der Waals surface area contributed by atoms with E-state index in [0.29, 0.717) is 11.4 Å². The Labute approximate surface area is 200 Å². The van der Waals surface area contributed by atoms with Crippen molar-refractivity contribution in [1.29, 1.82) is 0 Å². The highest BCUT2D eigenvalue weighted by Crippen LogP contribution is 2.37. The van der Waals surface area contributed by atoms with Crippen molar-refractivity contribution in [3.63, 3.8) is 0 Å². The second kappa shape index (κ2) is 9.77. The molecule has 1 N–H and O–H groups in total. The summed E-state index contributed by atoms with van der Waals surface area (Å²) in [4.78, 5) is 13.1. The molecule has 0 spiro atoms. The summed E-state index contributed by atoms with van der Waals surface area (Å²) < 4.78 is 39.7. The molecule has 0 saturated carbocycles. The van der Waals surface area contributed by atoms with Crippen LogP contribution in [0.1, 0.15) is 16.7 Å². The van der Waals surface area contributed by atoms with Gasteiger partial charge in [0, 0.05) is 0 Å². The van der Waals surface area contributed by atoms with Crippen molar-refractivity contribution in [2.24, 2.45) is 0 Å². The third-order valence-corrected chi connectivity index (χ3v) is 7.27. The van der Waals surface area contributed by atoms with Crippen LogP contribution in [0.2, 0.25) is 0 Å². The fourth-order valence-electron chi connectivity index (χ4n) is 3.92. The van der Waals surface area contributed by atoms with E-state index in [1.54, 1.807) is 30.3 Å². The van der Waals surface area contributed by atoms with Gasteiger partial charge in [-0.3, -0.25) is 9.10 Å². The fraction of sp³-hybridized carbons (Fsp3) is 0.269. The Morgan fingerprint density at radius 1 is 1.00 bits per heavy atom. The summed E-state index contributed by atoms with van der Waals surface area (Å²) in [6.45, 7) is 6.29. The zero-order valence-electron chi connectivity index (χ0n) is 19.4. The van der Waals surface area contributed by atoms with Crippen LogP contribution in [-0.4, -0.2) is 40.1 Å². The normalized spacial score (nSPS) is 15.3. The van der Waals surface area contributed by atoms with Gasteiger partial charge in [-0.05, 0) is 73.9 Å². The van der Waals surface area contributed by atoms with E-state index >= 15 is 0 Å². The fourth-order valence-corrected chi connectivity index (χ4v) is 5.42. The second-order valence-corrected chi connectivity index (χ2v) is 10.3. The molecule has 1 heterocycles. The number of nitrogens with one attached hydrogen (secondary N) is 1. The Bertz CT molecular complexity index is 1270. The molecule has 178 valence electrons. The number of sulfonamides is 1. The average Bonchev–Trinajstić information content (AvgIpc) is 2.80. The molecule has 0 radical (unpaired) electrons. The van der Waals surface area contributed by atoms with Crippen molar-refractivity contribution in [2.75, 3.05) is 24.0 Å². The van der Waals surface area contributed by atoms with E-state index in [1.165, 1.54) is 16.4 Å². The van der Waals surface area contributed by atoms with Crippen molar-refractivity contribution >= 4 is 21.6 Å². The molecule has 8 heteroatoms. The van der Waals surface area contributed by atoms with E-state index in [0.717, 1.165) is 22.4 Å². The molecule has 34 heavy (non-hydrogen) atoms. The monoisotopic (exact) mass is 480 g/mol. The van der Waals surface area contributed by atoms with E-state index in [1.807, 2.05) is 39.0 Å². The number of nitrogens with zero attached hydrogens (tertiary/aromatic N) is 1. The summed E-state index contributed by atoms with van der Waals surface area (Å²) in [6.07, 6.45) is -0.992. The topological polar surface area (TPSA) is 84.9 Å². The highest BCUT2D eigenvalue weighted by Gasteiger charge is 2.37. The lowest BCUT2D eigenvalue weighted by atomic mass is 10.1. The van der Waals surface area contributed by atoms with Gasteiger partial charge in [-0.15, -0.1) is 0 Å². The summed E-state index contributed by atoms with van der Waals surface area (Å²) in [5, 5.41) is 2.80. The van der Waals surface area contributed by atoms with Crippen LogP contribution in [-0.2, 0) is 14.8 Å². The van der Waals surface area contributed by atoms with Gasteiger partial charge in [0.1, 0.15) is 18.1 Å². The van der Waals surface area contributed by atoms with Crippen LogP contribution in [0, 0.1) is 20.8 Å². The van der Waals surface area contributed by atoms with Crippen molar-refractivity contribution in [2.45, 2.75) is 31.8 Å². The van der Waals surface area contributed by atoms with Gasteiger partial charge < -0.3 is 14.8 Å². The second-order valence-electron chi connectivity index (χ2n) is 8.39. The van der Waals surface area contributed by atoms with Gasteiger partial charge in [0.25, 0.3) is 15.9 Å². The van der Waals surface area contributed by atoms with Gasteiger partial charge in [-0.1, -0.05) is 30.3 Å². The molecule has 0 aromatic heterocycles. The highest BCUT2D eigenvalue weighted by molar-refractivity contribution is 7.92. The first-order valence-corrected chi connectivity index (χ1v) is 12.5. The third-order valence-electron chi connectivity index (χ3n) is 5.47. The highest BCUT2D eigenvalue weighted by atomic mass is 32.2. The SMILES string of the molecule is Cc1cc(C)cc(OCCNC(=O)[C@H]2CN(S(=O)(=O)c3ccccc3)c3ccc(C)cc3O2)c1. The molecule has 1 aliphatic rings. The lowest BCUT2D eigenvalue weighted by Crippen LogP contribution is -2.51. The van der Waals surface area contributed by atoms with Gasteiger partial charge in [-0.25, -0.2) is 8.42 Å². The number of hydrogen-bond donors (Lipinski definition) is 1. The largest absolute Gasteiger partial charge is 0.492 e. The Kier molecular flexibility index (Phi) is 6.79. The summed E-state index contributed by atoms with van der Waals surface area (Å²) in [5.74, 6) is 0.701. The predicted octanol–water partition coefficient (Wildman–Crippen LogP) is 3.76. The maximum absolute atomic E-state index is 13.4. The van der Waals surface area contributed by atoms with Crippen LogP contribution in [0.4, 0.5) is 5.69 Å². The first-order valence-electron chi connectivity index (χ1n) is 11.1. The zero-order chi connectivity index (χ0) is 24.3. The molecular weight excluding hydrogens is 452 g/mol. The van der Waals surface area contributed by atoms with Crippen molar-refractivity contribution < 1.29 is 22.7 Å². The van der Waals surface area contributed by atoms with Crippen LogP contribution in [0.5, 0.6) is 11.5 Å². The van der Waals surface area contributed by atoms with Gasteiger partial charge in [-0.2, -0.15) is 0 Å². The summed E-state index contributed by atoms with van der Waals surface area (Å²) in [7, 11) is -3.88. The molecular formula is C26H28N2O5S. The van der Waals surface area contributed by atoms with E-state index in [2.05, 4.69) is 11.4 Å². The number of hydrogen-bond acceptors (Lipinski definition) is 5. The van der Waals surface area contributed by atoms with Crippen molar-refractivity contribution in [1.82, 2.24) is 5.32 Å². The number of ether oxygens (including phenoxy) is 2. The van der Waals surface area contributed by atoms with E-state index in [9.17, 15) is 13.2 Å². The molecule has 0 unspecified atom stereocenters. The summed E-state index contributed by atoms with van der Waals surface area (Å²) >= 11 is 0. The van der Waals surface area contributed by atoms with Crippen LogP contribution in [0.15, 0.2) is 71.6 Å². The van der Waals surface area contributed by atoms with E-state index in [4.69, 9.17) is 9.47 Å². The first-order chi connectivity index (χ1) is 16.2. The van der Waals surface area contributed by atoms with Crippen LogP contribution in [0.25, 0.3) is 0 Å². The number of fused-ring (bicyclic) bond motifs is 1. The lowest BCUT2D eigenvalue weighted by Gasteiger charge is -2.35. The number of aryl methyl sites for hydroxylation is 3. The third kappa shape index (κ3) is 5.17. The minimum atomic E-state index is -3.88. The van der Waals surface area contributed by atoms with Crippen LogP contribution in [0.3, 0.4) is 0 Å². The van der Waals surface area contributed by atoms with Gasteiger partial charge in [0.05, 0.1) is 23.7 Å². The number of anilines is 1. The Morgan fingerprint density at radius 2 is 1.71 bits per heavy atom. The Morgan fingerprint density at radius 3 is 2.41 bits per heavy atom.